The van der Waals surface area contributed by atoms with Crippen LogP contribution in [-0.2, 0) is 0 Å². The van der Waals surface area contributed by atoms with Gasteiger partial charge in [0.1, 0.15) is 0 Å². The van der Waals surface area contributed by atoms with Gasteiger partial charge in [0.2, 0.25) is 0 Å². The fraction of sp³-hybridized carbons (Fsp3) is 1.00. The molecule has 0 aliphatic rings. The highest BCUT2D eigenvalue weighted by Crippen LogP contribution is 1.83. The summed E-state index contributed by atoms with van der Waals surface area (Å²) < 4.78 is 0. The number of aliphatic hydroxyl groups is 6. The Labute approximate surface area is 103 Å². The predicted octanol–water partition coefficient (Wildman–Crippen LogP) is -0.792. The van der Waals surface area contributed by atoms with E-state index < -0.39 is 6.29 Å². The molecule has 0 aromatic rings. The van der Waals surface area contributed by atoms with Crippen molar-refractivity contribution >= 4 is 0 Å². The number of hydrogen-bond acceptors (Lipinski definition) is 6. The van der Waals surface area contributed by atoms with E-state index in [1.165, 1.54) is 0 Å². The SMILES string of the molecule is CC(O)CCO.CCC(O)O.OCCCCO. The third-order valence-corrected chi connectivity index (χ3v) is 1.48. The van der Waals surface area contributed by atoms with E-state index >= 15 is 0 Å². The van der Waals surface area contributed by atoms with Crippen molar-refractivity contribution in [3.8, 4) is 0 Å². The zero-order valence-electron chi connectivity index (χ0n) is 10.8. The predicted molar refractivity (Wildman–Crippen MR) is 65.3 cm³/mol. The van der Waals surface area contributed by atoms with Crippen molar-refractivity contribution in [2.24, 2.45) is 0 Å². The molecule has 6 heteroatoms. The van der Waals surface area contributed by atoms with E-state index in [0.29, 0.717) is 12.8 Å². The van der Waals surface area contributed by atoms with Gasteiger partial charge in [-0.3, -0.25) is 0 Å². The molecule has 0 saturated carbocycles. The second-order valence-corrected chi connectivity index (χ2v) is 3.40. The van der Waals surface area contributed by atoms with Crippen LogP contribution >= 0.6 is 0 Å². The topological polar surface area (TPSA) is 121 Å². The number of aliphatic hydroxyl groups excluding tert-OH is 5. The molecular formula is C11H28O6. The molecule has 108 valence electrons. The van der Waals surface area contributed by atoms with E-state index in [4.69, 9.17) is 30.6 Å². The van der Waals surface area contributed by atoms with E-state index in [9.17, 15) is 0 Å². The first-order valence-corrected chi connectivity index (χ1v) is 5.82. The van der Waals surface area contributed by atoms with Crippen LogP contribution in [0.25, 0.3) is 0 Å². The summed E-state index contributed by atoms with van der Waals surface area (Å²) in [5, 5.41) is 48.5. The standard InChI is InChI=1S/2C4H10O2.C3H8O2/c1-4(6)2-3-5;5-3-1-2-4-6;1-2-3(4)5/h4-6H,2-3H2,1H3;5-6H,1-4H2;3-5H,2H2,1H3. The van der Waals surface area contributed by atoms with Gasteiger partial charge >= 0.3 is 0 Å². The molecule has 0 amide bonds. The third-order valence-electron chi connectivity index (χ3n) is 1.48. The summed E-state index contributed by atoms with van der Waals surface area (Å²) in [6.45, 7) is 3.82. The maximum atomic E-state index is 8.39. The molecule has 0 rings (SSSR count). The van der Waals surface area contributed by atoms with Crippen LogP contribution in [0.5, 0.6) is 0 Å². The van der Waals surface area contributed by atoms with Gasteiger partial charge in [0.05, 0.1) is 6.10 Å². The minimum absolute atomic E-state index is 0.0810. The summed E-state index contributed by atoms with van der Waals surface area (Å²) in [6.07, 6.45) is 0.873. The third kappa shape index (κ3) is 49.6. The van der Waals surface area contributed by atoms with Crippen LogP contribution in [0.3, 0.4) is 0 Å². The van der Waals surface area contributed by atoms with Crippen LogP contribution in [0.15, 0.2) is 0 Å². The Kier molecular flexibility index (Phi) is 27.3. The van der Waals surface area contributed by atoms with E-state index in [2.05, 4.69) is 0 Å². The second-order valence-electron chi connectivity index (χ2n) is 3.40. The van der Waals surface area contributed by atoms with Gasteiger partial charge in [-0.05, 0) is 32.6 Å². The first-order valence-electron chi connectivity index (χ1n) is 5.82. The van der Waals surface area contributed by atoms with E-state index in [0.717, 1.165) is 12.8 Å². The second kappa shape index (κ2) is 21.1. The molecule has 0 fully saturated rings. The maximum Gasteiger partial charge on any atom is 0.151 e. The highest BCUT2D eigenvalue weighted by Gasteiger charge is 1.88. The van der Waals surface area contributed by atoms with Gasteiger partial charge in [-0.2, -0.15) is 0 Å². The summed E-state index contributed by atoms with van der Waals surface area (Å²) >= 11 is 0. The normalized spacial score (nSPS) is 11.1. The number of rotatable bonds is 6. The van der Waals surface area contributed by atoms with Crippen LogP contribution < -0.4 is 0 Å². The number of unbranched alkanes of at least 4 members (excludes halogenated alkanes) is 1. The van der Waals surface area contributed by atoms with Gasteiger partial charge < -0.3 is 30.6 Å². The van der Waals surface area contributed by atoms with E-state index in [-0.39, 0.29) is 25.9 Å². The highest BCUT2D eigenvalue weighted by molar-refractivity contribution is 4.40. The molecule has 6 nitrogen and oxygen atoms in total. The summed E-state index contributed by atoms with van der Waals surface area (Å²) in [4.78, 5) is 0. The minimum Gasteiger partial charge on any atom is -0.396 e. The first kappa shape index (κ1) is 22.0. The molecular weight excluding hydrogens is 228 g/mol. The minimum atomic E-state index is -1.12. The Balaban J connectivity index is -0.000000174. The number of hydrogen-bond donors (Lipinski definition) is 6. The summed E-state index contributed by atoms with van der Waals surface area (Å²) in [5.74, 6) is 0. The molecule has 0 aromatic carbocycles. The Morgan fingerprint density at radius 3 is 1.24 bits per heavy atom. The lowest BCUT2D eigenvalue weighted by Gasteiger charge is -1.95. The highest BCUT2D eigenvalue weighted by atomic mass is 16.5. The Hall–Kier alpha value is -0.240. The van der Waals surface area contributed by atoms with Gasteiger partial charge in [0.25, 0.3) is 0 Å². The molecule has 0 heterocycles. The zero-order chi connectivity index (χ0) is 14.1. The van der Waals surface area contributed by atoms with Gasteiger partial charge in [0, 0.05) is 19.8 Å². The molecule has 0 aliphatic carbocycles. The van der Waals surface area contributed by atoms with Crippen LogP contribution in [-0.4, -0.2) is 62.9 Å². The molecule has 0 aliphatic heterocycles. The monoisotopic (exact) mass is 256 g/mol. The maximum absolute atomic E-state index is 8.39. The van der Waals surface area contributed by atoms with Crippen molar-refractivity contribution in [3.63, 3.8) is 0 Å². The average Bonchev–Trinajstić information content (AvgIpc) is 2.27. The van der Waals surface area contributed by atoms with Gasteiger partial charge in [-0.1, -0.05) is 6.92 Å². The fourth-order valence-electron chi connectivity index (χ4n) is 0.410. The Morgan fingerprint density at radius 1 is 0.824 bits per heavy atom. The van der Waals surface area contributed by atoms with Gasteiger partial charge in [0.15, 0.2) is 6.29 Å². The van der Waals surface area contributed by atoms with Crippen molar-refractivity contribution in [3.05, 3.63) is 0 Å². The summed E-state index contributed by atoms with van der Waals surface area (Å²) in [6, 6.07) is 0. The smallest absolute Gasteiger partial charge is 0.151 e. The Bertz CT molecular complexity index is 104. The summed E-state index contributed by atoms with van der Waals surface area (Å²) in [7, 11) is 0. The molecule has 1 atom stereocenters. The van der Waals surface area contributed by atoms with Crippen LogP contribution in [0, 0.1) is 0 Å². The van der Waals surface area contributed by atoms with Crippen LogP contribution in [0.1, 0.15) is 39.5 Å². The van der Waals surface area contributed by atoms with Gasteiger partial charge in [-0.25, -0.2) is 0 Å². The summed E-state index contributed by atoms with van der Waals surface area (Å²) in [5.41, 5.74) is 0. The molecule has 0 aromatic heterocycles. The quantitative estimate of drug-likeness (QED) is 0.273. The lowest BCUT2D eigenvalue weighted by atomic mass is 10.3. The van der Waals surface area contributed by atoms with Crippen molar-refractivity contribution in [2.45, 2.75) is 51.9 Å². The zero-order valence-corrected chi connectivity index (χ0v) is 10.8. The lowest BCUT2D eigenvalue weighted by Crippen LogP contribution is -2.00. The molecule has 0 saturated heterocycles. The van der Waals surface area contributed by atoms with Crippen LogP contribution in [0.2, 0.25) is 0 Å². The average molecular weight is 256 g/mol. The van der Waals surface area contributed by atoms with Crippen molar-refractivity contribution in [1.29, 1.82) is 0 Å². The molecule has 17 heavy (non-hydrogen) atoms. The molecule has 0 spiro atoms. The van der Waals surface area contributed by atoms with E-state index in [1.807, 2.05) is 0 Å². The first-order chi connectivity index (χ1) is 7.95. The van der Waals surface area contributed by atoms with Crippen molar-refractivity contribution < 1.29 is 30.6 Å². The molecule has 6 N–H and O–H groups in total. The van der Waals surface area contributed by atoms with Gasteiger partial charge in [-0.15, -0.1) is 0 Å². The van der Waals surface area contributed by atoms with Crippen molar-refractivity contribution in [2.75, 3.05) is 19.8 Å². The Morgan fingerprint density at radius 2 is 1.18 bits per heavy atom. The molecule has 0 bridgehead atoms. The lowest BCUT2D eigenvalue weighted by molar-refractivity contribution is -0.0413. The van der Waals surface area contributed by atoms with Crippen molar-refractivity contribution in [1.82, 2.24) is 0 Å². The van der Waals surface area contributed by atoms with E-state index in [1.54, 1.807) is 13.8 Å². The van der Waals surface area contributed by atoms with Crippen LogP contribution in [0.4, 0.5) is 0 Å². The fourth-order valence-corrected chi connectivity index (χ4v) is 0.410. The largest absolute Gasteiger partial charge is 0.396 e. The molecule has 1 unspecified atom stereocenters. The molecule has 0 radical (unpaired) electrons.